The summed E-state index contributed by atoms with van der Waals surface area (Å²) in [7, 11) is 0. The maximum absolute atomic E-state index is 5.22. The topological polar surface area (TPSA) is 25.8 Å². The van der Waals surface area contributed by atoms with Crippen LogP contribution in [0.25, 0.3) is 78.4 Å². The van der Waals surface area contributed by atoms with Crippen molar-refractivity contribution in [2.45, 2.75) is 5.41 Å². The van der Waals surface area contributed by atoms with Gasteiger partial charge < -0.3 is 0 Å². The number of hydrogen-bond acceptors (Lipinski definition) is 2. The predicted octanol–water partition coefficient (Wildman–Crippen LogP) is 13.2. The Labute approximate surface area is 321 Å². The van der Waals surface area contributed by atoms with Gasteiger partial charge in [-0.05, 0) is 85.0 Å². The normalized spacial score (nSPS) is 12.9. The molecular weight excluding hydrogens is 665 g/mol. The fraction of sp³-hybridized carbons (Fsp3) is 0.0189. The SMILES string of the molecule is c1ccc(-c2cccc(-c3cc(-c4cccc(-c5cccc6c5-c5ccccc5C65c6ccccc6-c6ccccc65)c4)nc(-c4ccccc4)n3)c2)cc1. The summed E-state index contributed by atoms with van der Waals surface area (Å²) in [6.45, 7) is 0. The second kappa shape index (κ2) is 12.5. The zero-order valence-corrected chi connectivity index (χ0v) is 30.0. The number of benzene rings is 8. The van der Waals surface area contributed by atoms with Crippen molar-refractivity contribution in [2.75, 3.05) is 0 Å². The monoisotopic (exact) mass is 698 g/mol. The summed E-state index contributed by atoms with van der Waals surface area (Å²) >= 11 is 0. The first-order valence-electron chi connectivity index (χ1n) is 18.9. The largest absolute Gasteiger partial charge is 0.228 e. The Hall–Kier alpha value is -7.16. The van der Waals surface area contributed by atoms with E-state index in [0.29, 0.717) is 5.82 Å². The first-order chi connectivity index (χ1) is 27.3. The van der Waals surface area contributed by atoms with E-state index in [1.807, 2.05) is 18.2 Å². The predicted molar refractivity (Wildman–Crippen MR) is 226 cm³/mol. The molecule has 0 N–H and O–H groups in total. The van der Waals surface area contributed by atoms with Crippen LogP contribution in [0.3, 0.4) is 0 Å². The summed E-state index contributed by atoms with van der Waals surface area (Å²) in [5.74, 6) is 0.707. The highest BCUT2D eigenvalue weighted by atomic mass is 14.9. The van der Waals surface area contributed by atoms with Gasteiger partial charge in [0, 0.05) is 16.7 Å². The summed E-state index contributed by atoms with van der Waals surface area (Å²) < 4.78 is 0. The van der Waals surface area contributed by atoms with Crippen LogP contribution in [-0.2, 0) is 5.41 Å². The molecule has 256 valence electrons. The quantitative estimate of drug-likeness (QED) is 0.179. The molecule has 0 aliphatic heterocycles. The average molecular weight is 699 g/mol. The lowest BCUT2D eigenvalue weighted by atomic mass is 9.70. The van der Waals surface area contributed by atoms with Crippen molar-refractivity contribution in [3.05, 3.63) is 229 Å². The van der Waals surface area contributed by atoms with Crippen molar-refractivity contribution in [2.24, 2.45) is 0 Å². The highest BCUT2D eigenvalue weighted by Gasteiger charge is 2.51. The van der Waals surface area contributed by atoms with Crippen molar-refractivity contribution in [3.63, 3.8) is 0 Å². The van der Waals surface area contributed by atoms with Crippen LogP contribution in [0.5, 0.6) is 0 Å². The second-order valence-electron chi connectivity index (χ2n) is 14.5. The fourth-order valence-electron chi connectivity index (χ4n) is 9.18. The molecule has 0 radical (unpaired) electrons. The maximum atomic E-state index is 5.22. The summed E-state index contributed by atoms with van der Waals surface area (Å²) in [6, 6.07) is 74.4. The molecule has 2 nitrogen and oxygen atoms in total. The van der Waals surface area contributed by atoms with Gasteiger partial charge in [-0.1, -0.05) is 188 Å². The lowest BCUT2D eigenvalue weighted by Gasteiger charge is -2.30. The lowest BCUT2D eigenvalue weighted by molar-refractivity contribution is 0.794. The van der Waals surface area contributed by atoms with Crippen molar-refractivity contribution < 1.29 is 0 Å². The Morgan fingerprint density at radius 2 is 0.691 bits per heavy atom. The van der Waals surface area contributed by atoms with Gasteiger partial charge >= 0.3 is 0 Å². The van der Waals surface area contributed by atoms with Crippen LogP contribution >= 0.6 is 0 Å². The Morgan fingerprint density at radius 1 is 0.273 bits per heavy atom. The summed E-state index contributed by atoms with van der Waals surface area (Å²) in [6.07, 6.45) is 0. The molecule has 1 spiro atoms. The van der Waals surface area contributed by atoms with Crippen LogP contribution in [0.4, 0.5) is 0 Å². The first kappa shape index (κ1) is 31.4. The minimum Gasteiger partial charge on any atom is -0.228 e. The molecule has 1 aromatic heterocycles. The van der Waals surface area contributed by atoms with E-state index in [2.05, 4.69) is 188 Å². The van der Waals surface area contributed by atoms with Crippen LogP contribution in [0.15, 0.2) is 206 Å². The maximum Gasteiger partial charge on any atom is 0.160 e. The molecule has 0 atom stereocenters. The molecule has 11 rings (SSSR count). The third kappa shape index (κ3) is 4.82. The molecule has 0 unspecified atom stereocenters. The van der Waals surface area contributed by atoms with E-state index in [-0.39, 0.29) is 5.41 Å². The Morgan fingerprint density at radius 3 is 1.33 bits per heavy atom. The zero-order valence-electron chi connectivity index (χ0n) is 30.0. The molecule has 0 amide bonds. The Bertz CT molecular complexity index is 2880. The average Bonchev–Trinajstić information content (AvgIpc) is 3.75. The molecule has 0 saturated heterocycles. The highest BCUT2D eigenvalue weighted by Crippen LogP contribution is 2.63. The smallest absolute Gasteiger partial charge is 0.160 e. The third-order valence-electron chi connectivity index (χ3n) is 11.5. The van der Waals surface area contributed by atoms with E-state index < -0.39 is 0 Å². The van der Waals surface area contributed by atoms with Gasteiger partial charge in [-0.25, -0.2) is 9.97 Å². The number of fused-ring (bicyclic) bond motifs is 10. The second-order valence-corrected chi connectivity index (χ2v) is 14.5. The minimum absolute atomic E-state index is 0.382. The molecule has 2 aliphatic carbocycles. The van der Waals surface area contributed by atoms with E-state index in [9.17, 15) is 0 Å². The highest BCUT2D eigenvalue weighted by molar-refractivity contribution is 6.00. The van der Waals surface area contributed by atoms with E-state index >= 15 is 0 Å². The molecular formula is C53H34N2. The van der Waals surface area contributed by atoms with Gasteiger partial charge in [0.15, 0.2) is 5.82 Å². The third-order valence-corrected chi connectivity index (χ3v) is 11.5. The van der Waals surface area contributed by atoms with Gasteiger partial charge in [0.2, 0.25) is 0 Å². The van der Waals surface area contributed by atoms with Crippen LogP contribution in [0.1, 0.15) is 22.3 Å². The van der Waals surface area contributed by atoms with Gasteiger partial charge in [-0.2, -0.15) is 0 Å². The molecule has 0 bridgehead atoms. The van der Waals surface area contributed by atoms with Gasteiger partial charge in [0.05, 0.1) is 16.8 Å². The van der Waals surface area contributed by atoms with Gasteiger partial charge in [0.1, 0.15) is 0 Å². The number of hydrogen-bond donors (Lipinski definition) is 0. The van der Waals surface area contributed by atoms with Crippen LogP contribution in [-0.4, -0.2) is 9.97 Å². The molecule has 2 aliphatic rings. The lowest BCUT2D eigenvalue weighted by Crippen LogP contribution is -2.25. The molecule has 1 heterocycles. The summed E-state index contributed by atoms with van der Waals surface area (Å²) in [4.78, 5) is 10.4. The van der Waals surface area contributed by atoms with E-state index in [4.69, 9.17) is 9.97 Å². The molecule has 9 aromatic rings. The summed E-state index contributed by atoms with van der Waals surface area (Å²) in [5, 5.41) is 0. The van der Waals surface area contributed by atoms with Crippen molar-refractivity contribution in [3.8, 4) is 78.4 Å². The van der Waals surface area contributed by atoms with Crippen molar-refractivity contribution in [1.29, 1.82) is 0 Å². The first-order valence-corrected chi connectivity index (χ1v) is 18.9. The number of rotatable bonds is 5. The van der Waals surface area contributed by atoms with E-state index in [1.165, 1.54) is 55.6 Å². The number of aromatic nitrogens is 2. The van der Waals surface area contributed by atoms with Crippen LogP contribution in [0.2, 0.25) is 0 Å². The van der Waals surface area contributed by atoms with Crippen molar-refractivity contribution in [1.82, 2.24) is 9.97 Å². The molecule has 55 heavy (non-hydrogen) atoms. The standard InChI is InChI=1S/C53H34N2/c1-3-16-35(17-4-1)37-20-13-22-39(32-37)49-34-50(55-52(54-49)36-18-5-2-6-19-36)40-23-14-21-38(33-40)41-27-15-31-48-51(41)44-26-9-12-30-47(44)53(48)45-28-10-7-24-42(45)43-25-8-11-29-46(43)53/h1-34H. The Balaban J connectivity index is 1.09. The van der Waals surface area contributed by atoms with Gasteiger partial charge in [0.25, 0.3) is 0 Å². The van der Waals surface area contributed by atoms with E-state index in [1.54, 1.807) is 0 Å². The molecule has 2 heteroatoms. The van der Waals surface area contributed by atoms with Crippen LogP contribution in [0, 0.1) is 0 Å². The summed E-state index contributed by atoms with van der Waals surface area (Å²) in [5.41, 5.74) is 19.8. The molecule has 0 saturated carbocycles. The van der Waals surface area contributed by atoms with Crippen molar-refractivity contribution >= 4 is 0 Å². The number of nitrogens with zero attached hydrogens (tertiary/aromatic N) is 2. The fourth-order valence-corrected chi connectivity index (χ4v) is 9.18. The zero-order chi connectivity index (χ0) is 36.3. The molecule has 8 aromatic carbocycles. The van der Waals surface area contributed by atoms with Gasteiger partial charge in [-0.15, -0.1) is 0 Å². The van der Waals surface area contributed by atoms with Gasteiger partial charge in [-0.3, -0.25) is 0 Å². The minimum atomic E-state index is -0.382. The van der Waals surface area contributed by atoms with Crippen LogP contribution < -0.4 is 0 Å². The molecule has 0 fully saturated rings. The Kier molecular flexibility index (Phi) is 7.11. The van der Waals surface area contributed by atoms with E-state index in [0.717, 1.165) is 39.2 Å².